The Balaban J connectivity index is 2.50. The monoisotopic (exact) mass is 246 g/mol. The first kappa shape index (κ1) is 11.6. The highest BCUT2D eigenvalue weighted by Crippen LogP contribution is 2.45. The Bertz CT molecular complexity index is 391. The molecule has 1 heterocycles. The molecule has 90 valence electrons. The van der Waals surface area contributed by atoms with Crippen molar-refractivity contribution < 1.29 is 19.8 Å². The van der Waals surface area contributed by atoms with Crippen molar-refractivity contribution in [2.24, 2.45) is 5.92 Å². The number of aliphatic hydroxyl groups is 3. The molecule has 3 atom stereocenters. The number of likely N-dealkylation sites (tertiary alicyclic amines) is 1. The van der Waals surface area contributed by atoms with E-state index in [2.05, 4.69) is 0 Å². The Labute approximate surface area is 99.7 Å². The van der Waals surface area contributed by atoms with Crippen LogP contribution in [0.2, 0.25) is 0 Å². The minimum absolute atomic E-state index is 0.0810. The Morgan fingerprint density at radius 3 is 2.50 bits per heavy atom. The summed E-state index contributed by atoms with van der Waals surface area (Å²) >= 11 is 6.03. The normalized spacial score (nSPS) is 39.2. The van der Waals surface area contributed by atoms with Gasteiger partial charge in [-0.3, -0.25) is 0 Å². The maximum Gasteiger partial charge on any atom is 0.203 e. The molecule has 2 aliphatic rings. The maximum absolute atomic E-state index is 9.96. The van der Waals surface area contributed by atoms with E-state index in [1.165, 1.54) is 0 Å². The Hall–Kier alpha value is -0.870. The third-order valence-corrected chi connectivity index (χ3v) is 4.48. The number of fused-ring (bicyclic) bond motifs is 1. The third kappa shape index (κ3) is 1.33. The minimum atomic E-state index is -0.467. The molecule has 2 rings (SSSR count). The summed E-state index contributed by atoms with van der Waals surface area (Å²) in [5, 5.41) is 29.4. The van der Waals surface area contributed by atoms with Crippen molar-refractivity contribution in [3.05, 3.63) is 22.3 Å². The first-order valence-electron chi connectivity index (χ1n) is 5.47. The molecule has 0 aromatic heterocycles. The standard InChI is InChI=1S/C11H16ClNO3/c1-3-13(2)5-4-6-7(12)9(14)11(16)10(15)8(6)13/h6,8H,3-5H2,1-2H3,(H2-,14,15,16)/p+1. The van der Waals surface area contributed by atoms with E-state index in [1.807, 2.05) is 14.0 Å². The van der Waals surface area contributed by atoms with Crippen molar-refractivity contribution in [2.75, 3.05) is 20.1 Å². The molecule has 4 nitrogen and oxygen atoms in total. The molecular formula is C11H17ClNO3+. The van der Waals surface area contributed by atoms with Crippen LogP contribution in [0.5, 0.6) is 0 Å². The third-order valence-electron chi connectivity index (χ3n) is 4.02. The zero-order valence-corrected chi connectivity index (χ0v) is 10.2. The predicted molar refractivity (Wildman–Crippen MR) is 61.3 cm³/mol. The van der Waals surface area contributed by atoms with Crippen LogP contribution in [0.3, 0.4) is 0 Å². The van der Waals surface area contributed by atoms with Crippen LogP contribution >= 0.6 is 11.6 Å². The average Bonchev–Trinajstić information content (AvgIpc) is 2.62. The van der Waals surface area contributed by atoms with Crippen LogP contribution < -0.4 is 0 Å². The molecule has 0 amide bonds. The minimum Gasteiger partial charge on any atom is -0.504 e. The number of quaternary nitrogens is 1. The fraction of sp³-hybridized carbons (Fsp3) is 0.636. The van der Waals surface area contributed by atoms with Gasteiger partial charge in [0, 0.05) is 6.42 Å². The molecule has 0 radical (unpaired) electrons. The van der Waals surface area contributed by atoms with Crippen molar-refractivity contribution in [1.82, 2.24) is 0 Å². The smallest absolute Gasteiger partial charge is 0.203 e. The molecule has 16 heavy (non-hydrogen) atoms. The van der Waals surface area contributed by atoms with E-state index in [-0.39, 0.29) is 28.5 Å². The van der Waals surface area contributed by atoms with Gasteiger partial charge in [0.1, 0.15) is 0 Å². The van der Waals surface area contributed by atoms with Crippen molar-refractivity contribution in [2.45, 2.75) is 19.4 Å². The number of hydrogen-bond donors (Lipinski definition) is 3. The van der Waals surface area contributed by atoms with E-state index < -0.39 is 5.76 Å². The zero-order chi connectivity index (χ0) is 12.1. The number of aliphatic hydroxyl groups excluding tert-OH is 3. The van der Waals surface area contributed by atoms with E-state index in [1.54, 1.807) is 0 Å². The molecule has 1 fully saturated rings. The van der Waals surface area contributed by atoms with E-state index in [9.17, 15) is 15.3 Å². The predicted octanol–water partition coefficient (Wildman–Crippen LogP) is 2.19. The van der Waals surface area contributed by atoms with Crippen LogP contribution in [0, 0.1) is 5.92 Å². The lowest BCUT2D eigenvalue weighted by molar-refractivity contribution is -0.917. The Morgan fingerprint density at radius 1 is 1.31 bits per heavy atom. The van der Waals surface area contributed by atoms with E-state index >= 15 is 0 Å². The highest BCUT2D eigenvalue weighted by Gasteiger charge is 2.52. The first-order valence-corrected chi connectivity index (χ1v) is 5.85. The molecule has 1 aliphatic carbocycles. The van der Waals surface area contributed by atoms with Gasteiger partial charge in [-0.15, -0.1) is 0 Å². The molecule has 3 N–H and O–H groups in total. The van der Waals surface area contributed by atoms with Gasteiger partial charge in [0.2, 0.25) is 5.76 Å². The van der Waals surface area contributed by atoms with E-state index in [0.717, 1.165) is 19.5 Å². The van der Waals surface area contributed by atoms with Crippen LogP contribution in [0.25, 0.3) is 0 Å². The average molecular weight is 247 g/mol. The molecule has 0 saturated carbocycles. The van der Waals surface area contributed by atoms with Gasteiger partial charge in [-0.2, -0.15) is 0 Å². The van der Waals surface area contributed by atoms with Crippen LogP contribution in [0.1, 0.15) is 13.3 Å². The van der Waals surface area contributed by atoms with Crippen LogP contribution in [-0.2, 0) is 0 Å². The number of halogens is 1. The number of nitrogens with zero attached hydrogens (tertiary/aromatic N) is 1. The van der Waals surface area contributed by atoms with Crippen LogP contribution in [0.15, 0.2) is 22.3 Å². The second-order valence-corrected chi connectivity index (χ2v) is 5.20. The summed E-state index contributed by atoms with van der Waals surface area (Å²) in [4.78, 5) is 0. The lowest BCUT2D eigenvalue weighted by atomic mass is 9.91. The van der Waals surface area contributed by atoms with Crippen LogP contribution in [-0.4, -0.2) is 46.0 Å². The van der Waals surface area contributed by atoms with Gasteiger partial charge in [0.25, 0.3) is 0 Å². The quantitative estimate of drug-likeness (QED) is 0.622. The van der Waals surface area contributed by atoms with Crippen molar-refractivity contribution in [3.63, 3.8) is 0 Å². The molecule has 1 aliphatic heterocycles. The van der Waals surface area contributed by atoms with Gasteiger partial charge in [-0.1, -0.05) is 11.6 Å². The zero-order valence-electron chi connectivity index (χ0n) is 9.44. The highest BCUT2D eigenvalue weighted by atomic mass is 35.5. The first-order chi connectivity index (χ1) is 7.42. The number of likely N-dealkylation sites (N-methyl/N-ethyl adjacent to an activating group) is 1. The molecule has 3 unspecified atom stereocenters. The second-order valence-electron chi connectivity index (χ2n) is 4.79. The summed E-state index contributed by atoms with van der Waals surface area (Å²) in [5.74, 6) is -1.05. The van der Waals surface area contributed by atoms with E-state index in [0.29, 0.717) is 4.48 Å². The molecule has 0 aromatic rings. The summed E-state index contributed by atoms with van der Waals surface area (Å²) in [6.07, 6.45) is 0.815. The second kappa shape index (κ2) is 3.57. The van der Waals surface area contributed by atoms with Gasteiger partial charge >= 0.3 is 0 Å². The largest absolute Gasteiger partial charge is 0.504 e. The van der Waals surface area contributed by atoms with Crippen molar-refractivity contribution in [1.29, 1.82) is 0 Å². The molecule has 5 heteroatoms. The van der Waals surface area contributed by atoms with E-state index in [4.69, 9.17) is 11.6 Å². The van der Waals surface area contributed by atoms with Gasteiger partial charge in [-0.05, 0) is 6.92 Å². The fourth-order valence-electron chi connectivity index (χ4n) is 2.82. The summed E-state index contributed by atoms with van der Waals surface area (Å²) in [5.41, 5.74) is 0. The maximum atomic E-state index is 9.96. The lowest BCUT2D eigenvalue weighted by Gasteiger charge is -2.37. The summed E-state index contributed by atoms with van der Waals surface area (Å²) < 4.78 is 0.643. The number of rotatable bonds is 1. The fourth-order valence-corrected chi connectivity index (χ4v) is 3.14. The summed E-state index contributed by atoms with van der Waals surface area (Å²) in [6, 6.07) is -0.228. The summed E-state index contributed by atoms with van der Waals surface area (Å²) in [6.45, 7) is 3.77. The number of hydrogen-bond acceptors (Lipinski definition) is 3. The Morgan fingerprint density at radius 2 is 1.94 bits per heavy atom. The SMILES string of the molecule is CC[N+]1(C)CCC2C(Cl)=C(O)C(O)=C(O)C21. The molecule has 0 spiro atoms. The topological polar surface area (TPSA) is 60.7 Å². The molecule has 1 saturated heterocycles. The molecule has 0 bridgehead atoms. The van der Waals surface area contributed by atoms with Gasteiger partial charge < -0.3 is 19.8 Å². The Kier molecular flexibility index (Phi) is 2.59. The van der Waals surface area contributed by atoms with Crippen LogP contribution in [0.4, 0.5) is 0 Å². The lowest BCUT2D eigenvalue weighted by Crippen LogP contribution is -2.51. The van der Waals surface area contributed by atoms with Crippen molar-refractivity contribution >= 4 is 11.6 Å². The van der Waals surface area contributed by atoms with Gasteiger partial charge in [0.15, 0.2) is 17.6 Å². The molecule has 0 aromatic carbocycles. The van der Waals surface area contributed by atoms with Crippen molar-refractivity contribution in [3.8, 4) is 0 Å². The molecular weight excluding hydrogens is 230 g/mol. The highest BCUT2D eigenvalue weighted by molar-refractivity contribution is 6.30. The summed E-state index contributed by atoms with van der Waals surface area (Å²) in [7, 11) is 2.03. The van der Waals surface area contributed by atoms with Gasteiger partial charge in [-0.25, -0.2) is 0 Å². The van der Waals surface area contributed by atoms with Gasteiger partial charge in [0.05, 0.1) is 31.1 Å².